The summed E-state index contributed by atoms with van der Waals surface area (Å²) in [7, 11) is 0. The van der Waals surface area contributed by atoms with Crippen LogP contribution in [0.4, 0.5) is 5.69 Å². The predicted octanol–water partition coefficient (Wildman–Crippen LogP) is 4.33. The maximum atomic E-state index is 9.23. The molecule has 1 aliphatic rings. The summed E-state index contributed by atoms with van der Waals surface area (Å²) in [6.07, 6.45) is 2.10. The minimum Gasteiger partial charge on any atom is -0.365 e. The van der Waals surface area contributed by atoms with E-state index in [9.17, 15) is 5.26 Å². The van der Waals surface area contributed by atoms with Crippen LogP contribution in [0, 0.1) is 17.2 Å². The van der Waals surface area contributed by atoms with E-state index in [2.05, 4.69) is 62.9 Å². The molecule has 102 valence electrons. The standard InChI is InChI=1S/C17H24N2/c1-13(2)15-7-5-6-8-16(15)19-12-14(11-18)9-10-17(19,3)4/h5-8,13-14H,9-10,12H2,1-4H3. The second kappa shape index (κ2) is 5.25. The van der Waals surface area contributed by atoms with Crippen LogP contribution in [0.1, 0.15) is 52.0 Å². The Kier molecular flexibility index (Phi) is 3.85. The van der Waals surface area contributed by atoms with E-state index in [1.807, 2.05) is 0 Å². The summed E-state index contributed by atoms with van der Waals surface area (Å²) in [4.78, 5) is 2.44. The highest BCUT2D eigenvalue weighted by molar-refractivity contribution is 5.57. The van der Waals surface area contributed by atoms with E-state index >= 15 is 0 Å². The van der Waals surface area contributed by atoms with Gasteiger partial charge in [-0.2, -0.15) is 5.26 Å². The quantitative estimate of drug-likeness (QED) is 0.787. The van der Waals surface area contributed by atoms with Crippen LogP contribution in [0.2, 0.25) is 0 Å². The molecule has 0 aromatic heterocycles. The molecule has 0 N–H and O–H groups in total. The Morgan fingerprint density at radius 3 is 2.63 bits per heavy atom. The number of piperidine rings is 1. The monoisotopic (exact) mass is 256 g/mol. The largest absolute Gasteiger partial charge is 0.365 e. The zero-order chi connectivity index (χ0) is 14.0. The molecule has 1 aromatic rings. The molecule has 1 aromatic carbocycles. The van der Waals surface area contributed by atoms with E-state index in [4.69, 9.17) is 0 Å². The third kappa shape index (κ3) is 2.76. The molecule has 0 spiro atoms. The van der Waals surface area contributed by atoms with Gasteiger partial charge in [0.25, 0.3) is 0 Å². The van der Waals surface area contributed by atoms with Crippen LogP contribution in [0.3, 0.4) is 0 Å². The highest BCUT2D eigenvalue weighted by Crippen LogP contribution is 2.38. The van der Waals surface area contributed by atoms with Crippen LogP contribution in [-0.2, 0) is 0 Å². The van der Waals surface area contributed by atoms with Crippen molar-refractivity contribution in [1.29, 1.82) is 5.26 Å². The Morgan fingerprint density at radius 1 is 1.32 bits per heavy atom. The molecule has 0 amide bonds. The molecular weight excluding hydrogens is 232 g/mol. The maximum absolute atomic E-state index is 9.23. The number of hydrogen-bond donors (Lipinski definition) is 0. The first-order chi connectivity index (χ1) is 8.95. The van der Waals surface area contributed by atoms with Crippen molar-refractivity contribution < 1.29 is 0 Å². The number of hydrogen-bond acceptors (Lipinski definition) is 2. The van der Waals surface area contributed by atoms with Gasteiger partial charge < -0.3 is 4.90 Å². The zero-order valence-corrected chi connectivity index (χ0v) is 12.5. The molecule has 1 heterocycles. The molecule has 1 atom stereocenters. The van der Waals surface area contributed by atoms with Gasteiger partial charge in [-0.15, -0.1) is 0 Å². The second-order valence-electron chi connectivity index (χ2n) is 6.50. The highest BCUT2D eigenvalue weighted by Gasteiger charge is 2.35. The van der Waals surface area contributed by atoms with Crippen molar-refractivity contribution in [2.24, 2.45) is 5.92 Å². The summed E-state index contributed by atoms with van der Waals surface area (Å²) < 4.78 is 0. The first-order valence-corrected chi connectivity index (χ1v) is 7.22. The maximum Gasteiger partial charge on any atom is 0.0674 e. The van der Waals surface area contributed by atoms with Crippen LogP contribution < -0.4 is 4.90 Å². The third-order valence-corrected chi connectivity index (χ3v) is 4.27. The lowest BCUT2D eigenvalue weighted by Crippen LogP contribution is -2.50. The van der Waals surface area contributed by atoms with Crippen LogP contribution in [0.25, 0.3) is 0 Å². The average Bonchev–Trinajstić information content (AvgIpc) is 2.38. The molecule has 1 saturated heterocycles. The number of anilines is 1. The summed E-state index contributed by atoms with van der Waals surface area (Å²) in [6, 6.07) is 11.1. The van der Waals surface area contributed by atoms with Crippen molar-refractivity contribution >= 4 is 5.69 Å². The molecule has 19 heavy (non-hydrogen) atoms. The van der Waals surface area contributed by atoms with Gasteiger partial charge in [-0.3, -0.25) is 0 Å². The van der Waals surface area contributed by atoms with E-state index in [1.54, 1.807) is 0 Å². The van der Waals surface area contributed by atoms with Crippen LogP contribution >= 0.6 is 0 Å². The van der Waals surface area contributed by atoms with Crippen molar-refractivity contribution in [2.45, 2.75) is 52.0 Å². The Morgan fingerprint density at radius 2 is 2.00 bits per heavy atom. The van der Waals surface area contributed by atoms with Crippen molar-refractivity contribution in [3.8, 4) is 6.07 Å². The van der Waals surface area contributed by atoms with Gasteiger partial charge in [0.1, 0.15) is 0 Å². The first kappa shape index (κ1) is 13.9. The number of nitrogens with zero attached hydrogens (tertiary/aromatic N) is 2. The number of para-hydroxylation sites is 1. The van der Waals surface area contributed by atoms with Crippen LogP contribution in [0.15, 0.2) is 24.3 Å². The van der Waals surface area contributed by atoms with Crippen molar-refractivity contribution in [3.63, 3.8) is 0 Å². The smallest absolute Gasteiger partial charge is 0.0674 e. The van der Waals surface area contributed by atoms with Crippen molar-refractivity contribution in [3.05, 3.63) is 29.8 Å². The first-order valence-electron chi connectivity index (χ1n) is 7.22. The summed E-state index contributed by atoms with van der Waals surface area (Å²) in [5.74, 6) is 0.669. The Bertz CT molecular complexity index is 482. The molecular formula is C17H24N2. The van der Waals surface area contributed by atoms with Gasteiger partial charge in [-0.1, -0.05) is 32.0 Å². The van der Waals surface area contributed by atoms with Gasteiger partial charge in [0.05, 0.1) is 12.0 Å². The van der Waals surface area contributed by atoms with E-state index in [1.165, 1.54) is 11.3 Å². The normalized spacial score (nSPS) is 22.3. The predicted molar refractivity (Wildman–Crippen MR) is 80.3 cm³/mol. The van der Waals surface area contributed by atoms with Gasteiger partial charge in [-0.25, -0.2) is 0 Å². The van der Waals surface area contributed by atoms with Crippen LogP contribution in [-0.4, -0.2) is 12.1 Å². The lowest BCUT2D eigenvalue weighted by atomic mass is 9.84. The van der Waals surface area contributed by atoms with Gasteiger partial charge in [0.2, 0.25) is 0 Å². The summed E-state index contributed by atoms with van der Waals surface area (Å²) in [5, 5.41) is 9.23. The van der Waals surface area contributed by atoms with Crippen molar-refractivity contribution in [2.75, 3.05) is 11.4 Å². The van der Waals surface area contributed by atoms with E-state index in [0.717, 1.165) is 19.4 Å². The molecule has 0 radical (unpaired) electrons. The lowest BCUT2D eigenvalue weighted by molar-refractivity contribution is 0.325. The highest BCUT2D eigenvalue weighted by atomic mass is 15.2. The van der Waals surface area contributed by atoms with E-state index < -0.39 is 0 Å². The Labute approximate surface area is 117 Å². The van der Waals surface area contributed by atoms with Gasteiger partial charge in [0.15, 0.2) is 0 Å². The molecule has 1 aliphatic heterocycles. The minimum atomic E-state index is 0.137. The second-order valence-corrected chi connectivity index (χ2v) is 6.50. The van der Waals surface area contributed by atoms with Crippen LogP contribution in [0.5, 0.6) is 0 Å². The molecule has 2 heteroatoms. The van der Waals surface area contributed by atoms with Gasteiger partial charge in [-0.05, 0) is 44.2 Å². The van der Waals surface area contributed by atoms with E-state index in [-0.39, 0.29) is 11.5 Å². The average molecular weight is 256 g/mol. The fourth-order valence-electron chi connectivity index (χ4n) is 2.97. The Hall–Kier alpha value is -1.49. The summed E-state index contributed by atoms with van der Waals surface area (Å²) in [6.45, 7) is 9.90. The number of benzene rings is 1. The molecule has 2 nitrogen and oxygen atoms in total. The molecule has 0 saturated carbocycles. The molecule has 0 aliphatic carbocycles. The Balaban J connectivity index is 2.41. The number of nitriles is 1. The molecule has 2 rings (SSSR count). The zero-order valence-electron chi connectivity index (χ0n) is 12.5. The molecule has 0 bridgehead atoms. The van der Waals surface area contributed by atoms with Gasteiger partial charge >= 0.3 is 0 Å². The topological polar surface area (TPSA) is 27.0 Å². The fraction of sp³-hybridized carbons (Fsp3) is 0.588. The van der Waals surface area contributed by atoms with Gasteiger partial charge in [0, 0.05) is 17.8 Å². The molecule has 1 unspecified atom stereocenters. The van der Waals surface area contributed by atoms with E-state index in [0.29, 0.717) is 5.92 Å². The van der Waals surface area contributed by atoms with Crippen molar-refractivity contribution in [1.82, 2.24) is 0 Å². The third-order valence-electron chi connectivity index (χ3n) is 4.27. The summed E-state index contributed by atoms with van der Waals surface area (Å²) >= 11 is 0. The molecule has 1 fully saturated rings. The lowest BCUT2D eigenvalue weighted by Gasteiger charge is -2.46. The SMILES string of the molecule is CC(C)c1ccccc1N1CC(C#N)CCC1(C)C. The summed E-state index contributed by atoms with van der Waals surface area (Å²) in [5.41, 5.74) is 2.83. The minimum absolute atomic E-state index is 0.137. The fourth-order valence-corrected chi connectivity index (χ4v) is 2.97. The number of rotatable bonds is 2.